The molecule has 144 valence electrons. The number of nitrogens with zero attached hydrogens (tertiary/aromatic N) is 3. The minimum absolute atomic E-state index is 0.0133. The van der Waals surface area contributed by atoms with E-state index in [-0.39, 0.29) is 18.4 Å². The molecular formula is C19H23N3O5. The lowest BCUT2D eigenvalue weighted by Gasteiger charge is -2.28. The summed E-state index contributed by atoms with van der Waals surface area (Å²) in [6.07, 6.45) is 0.635. The van der Waals surface area contributed by atoms with E-state index in [1.165, 1.54) is 7.11 Å². The average Bonchev–Trinajstić information content (AvgIpc) is 2.84. The van der Waals surface area contributed by atoms with Crippen molar-refractivity contribution in [1.29, 1.82) is 0 Å². The van der Waals surface area contributed by atoms with Gasteiger partial charge in [0.1, 0.15) is 12.6 Å². The van der Waals surface area contributed by atoms with Crippen molar-refractivity contribution < 1.29 is 23.9 Å². The minimum atomic E-state index is -0.890. The van der Waals surface area contributed by atoms with Crippen molar-refractivity contribution in [1.82, 2.24) is 14.7 Å². The molecule has 2 aliphatic rings. The number of hydrogen-bond donors (Lipinski definition) is 0. The van der Waals surface area contributed by atoms with Gasteiger partial charge in [-0.05, 0) is 25.5 Å². The van der Waals surface area contributed by atoms with Crippen LogP contribution in [0.25, 0.3) is 0 Å². The van der Waals surface area contributed by atoms with Crippen LogP contribution in [0.3, 0.4) is 0 Å². The van der Waals surface area contributed by atoms with Crippen molar-refractivity contribution in [2.24, 2.45) is 0 Å². The van der Waals surface area contributed by atoms with Crippen LogP contribution in [0.4, 0.5) is 0 Å². The SMILES string of the molecule is COCC(=O)N1CCCN(C(=O)C(C)N2C(=O)c3ccccc3C2=O)CC1. The van der Waals surface area contributed by atoms with E-state index in [9.17, 15) is 19.2 Å². The molecule has 2 aliphatic heterocycles. The number of ether oxygens (including phenoxy) is 1. The zero-order valence-electron chi connectivity index (χ0n) is 15.5. The van der Waals surface area contributed by atoms with E-state index in [4.69, 9.17) is 4.74 Å². The molecular weight excluding hydrogens is 350 g/mol. The summed E-state index contributed by atoms with van der Waals surface area (Å²) in [6.45, 7) is 3.38. The molecule has 1 unspecified atom stereocenters. The number of rotatable bonds is 4. The summed E-state index contributed by atoms with van der Waals surface area (Å²) < 4.78 is 4.88. The molecule has 0 N–H and O–H groups in total. The molecule has 1 atom stereocenters. The fraction of sp³-hybridized carbons (Fsp3) is 0.474. The Morgan fingerprint density at radius 3 is 2.15 bits per heavy atom. The van der Waals surface area contributed by atoms with Crippen molar-refractivity contribution in [3.63, 3.8) is 0 Å². The van der Waals surface area contributed by atoms with E-state index >= 15 is 0 Å². The number of hydrogen-bond acceptors (Lipinski definition) is 5. The molecule has 0 saturated carbocycles. The molecule has 1 aromatic carbocycles. The van der Waals surface area contributed by atoms with E-state index in [0.717, 1.165) is 4.90 Å². The third kappa shape index (κ3) is 3.57. The summed E-state index contributed by atoms with van der Waals surface area (Å²) in [5.41, 5.74) is 0.656. The molecule has 2 heterocycles. The van der Waals surface area contributed by atoms with Crippen molar-refractivity contribution in [3.05, 3.63) is 35.4 Å². The topological polar surface area (TPSA) is 87.2 Å². The first-order chi connectivity index (χ1) is 13.0. The van der Waals surface area contributed by atoms with Gasteiger partial charge in [0.15, 0.2) is 0 Å². The zero-order valence-corrected chi connectivity index (χ0v) is 15.5. The highest BCUT2D eigenvalue weighted by atomic mass is 16.5. The van der Waals surface area contributed by atoms with Crippen LogP contribution in [-0.4, -0.2) is 84.3 Å². The van der Waals surface area contributed by atoms with E-state index in [1.807, 2.05) is 0 Å². The van der Waals surface area contributed by atoms with Gasteiger partial charge < -0.3 is 14.5 Å². The third-order valence-corrected chi connectivity index (χ3v) is 5.00. The van der Waals surface area contributed by atoms with Crippen molar-refractivity contribution >= 4 is 23.6 Å². The van der Waals surface area contributed by atoms with Crippen LogP contribution in [0.2, 0.25) is 0 Å². The molecule has 0 radical (unpaired) electrons. The second-order valence-corrected chi connectivity index (χ2v) is 6.69. The van der Waals surface area contributed by atoms with Gasteiger partial charge in [-0.2, -0.15) is 0 Å². The summed E-state index contributed by atoms with van der Waals surface area (Å²) in [4.78, 5) is 54.4. The molecule has 27 heavy (non-hydrogen) atoms. The van der Waals surface area contributed by atoms with E-state index in [1.54, 1.807) is 41.0 Å². The zero-order chi connectivity index (χ0) is 19.6. The highest BCUT2D eigenvalue weighted by molar-refractivity contribution is 6.22. The van der Waals surface area contributed by atoms with Gasteiger partial charge in [-0.15, -0.1) is 0 Å². The van der Waals surface area contributed by atoms with Crippen LogP contribution in [0.15, 0.2) is 24.3 Å². The van der Waals surface area contributed by atoms with E-state index in [0.29, 0.717) is 43.7 Å². The quantitative estimate of drug-likeness (QED) is 0.712. The van der Waals surface area contributed by atoms with Gasteiger partial charge in [0.25, 0.3) is 11.8 Å². The smallest absolute Gasteiger partial charge is 0.262 e. The van der Waals surface area contributed by atoms with E-state index < -0.39 is 17.9 Å². The Morgan fingerprint density at radius 2 is 1.56 bits per heavy atom. The summed E-state index contributed by atoms with van der Waals surface area (Å²) in [5.74, 6) is -1.28. The van der Waals surface area contributed by atoms with Gasteiger partial charge in [0, 0.05) is 33.3 Å². The Bertz CT molecular complexity index is 743. The standard InChI is InChI=1S/C19H23N3O5/c1-13(22-18(25)14-6-3-4-7-15(14)19(22)26)17(24)21-9-5-8-20(10-11-21)16(23)12-27-2/h3-4,6-7,13H,5,8-12H2,1-2H3. The minimum Gasteiger partial charge on any atom is -0.375 e. The number of benzene rings is 1. The van der Waals surface area contributed by atoms with Crippen LogP contribution in [0, 0.1) is 0 Å². The van der Waals surface area contributed by atoms with Crippen LogP contribution < -0.4 is 0 Å². The van der Waals surface area contributed by atoms with Crippen LogP contribution >= 0.6 is 0 Å². The maximum atomic E-state index is 12.9. The number of imide groups is 1. The summed E-state index contributed by atoms with van der Waals surface area (Å²) in [7, 11) is 1.47. The Balaban J connectivity index is 1.69. The molecule has 1 aromatic rings. The molecule has 3 rings (SSSR count). The number of methoxy groups -OCH3 is 1. The van der Waals surface area contributed by atoms with Crippen LogP contribution in [0.5, 0.6) is 0 Å². The second-order valence-electron chi connectivity index (χ2n) is 6.69. The first-order valence-electron chi connectivity index (χ1n) is 8.98. The average molecular weight is 373 g/mol. The second kappa shape index (κ2) is 7.87. The largest absolute Gasteiger partial charge is 0.375 e. The van der Waals surface area contributed by atoms with Gasteiger partial charge in [-0.3, -0.25) is 24.1 Å². The first kappa shape index (κ1) is 19.0. The number of carbonyl (C=O) groups is 4. The molecule has 0 spiro atoms. The first-order valence-corrected chi connectivity index (χ1v) is 8.98. The molecule has 8 nitrogen and oxygen atoms in total. The highest BCUT2D eigenvalue weighted by Gasteiger charge is 2.41. The molecule has 1 saturated heterocycles. The van der Waals surface area contributed by atoms with Gasteiger partial charge in [0.05, 0.1) is 11.1 Å². The third-order valence-electron chi connectivity index (χ3n) is 5.00. The summed E-state index contributed by atoms with van der Waals surface area (Å²) in [6, 6.07) is 5.69. The molecule has 1 fully saturated rings. The number of carbonyl (C=O) groups excluding carboxylic acids is 4. The van der Waals surface area contributed by atoms with Crippen LogP contribution in [-0.2, 0) is 14.3 Å². The van der Waals surface area contributed by atoms with Gasteiger partial charge in [0.2, 0.25) is 11.8 Å². The highest BCUT2D eigenvalue weighted by Crippen LogP contribution is 2.25. The number of amides is 4. The Hall–Kier alpha value is -2.74. The lowest BCUT2D eigenvalue weighted by molar-refractivity contribution is -0.137. The fourth-order valence-electron chi connectivity index (χ4n) is 3.54. The number of fused-ring (bicyclic) bond motifs is 1. The predicted molar refractivity (Wildman–Crippen MR) is 96.1 cm³/mol. The summed E-state index contributed by atoms with van der Waals surface area (Å²) in [5, 5.41) is 0. The molecule has 0 aromatic heterocycles. The Kier molecular flexibility index (Phi) is 5.55. The monoisotopic (exact) mass is 373 g/mol. The van der Waals surface area contributed by atoms with Crippen molar-refractivity contribution in [3.8, 4) is 0 Å². The molecule has 0 aliphatic carbocycles. The Morgan fingerprint density at radius 1 is 1.00 bits per heavy atom. The Labute approximate surface area is 157 Å². The van der Waals surface area contributed by atoms with Gasteiger partial charge >= 0.3 is 0 Å². The van der Waals surface area contributed by atoms with Crippen molar-refractivity contribution in [2.75, 3.05) is 39.9 Å². The predicted octanol–water partition coefficient (Wildman–Crippen LogP) is 0.378. The maximum Gasteiger partial charge on any atom is 0.262 e. The van der Waals surface area contributed by atoms with E-state index in [2.05, 4.69) is 0 Å². The summed E-state index contributed by atoms with van der Waals surface area (Å²) >= 11 is 0. The van der Waals surface area contributed by atoms with Crippen molar-refractivity contribution in [2.45, 2.75) is 19.4 Å². The van der Waals surface area contributed by atoms with Crippen LogP contribution in [0.1, 0.15) is 34.1 Å². The van der Waals surface area contributed by atoms with Gasteiger partial charge in [-0.25, -0.2) is 0 Å². The molecule has 0 bridgehead atoms. The fourth-order valence-corrected chi connectivity index (χ4v) is 3.54. The maximum absolute atomic E-state index is 12.9. The molecule has 4 amide bonds. The molecule has 8 heteroatoms. The lowest BCUT2D eigenvalue weighted by Crippen LogP contribution is -2.50. The van der Waals surface area contributed by atoms with Gasteiger partial charge in [-0.1, -0.05) is 12.1 Å². The lowest BCUT2D eigenvalue weighted by atomic mass is 10.1. The normalized spacial score (nSPS) is 18.4.